The third-order valence-corrected chi connectivity index (χ3v) is 4.73. The van der Waals surface area contributed by atoms with Gasteiger partial charge in [0.15, 0.2) is 0 Å². The van der Waals surface area contributed by atoms with Gasteiger partial charge in [-0.05, 0) is 24.3 Å². The van der Waals surface area contributed by atoms with Gasteiger partial charge in [-0.25, -0.2) is 4.79 Å². The molecule has 3 rings (SSSR count). The lowest BCUT2D eigenvalue weighted by Gasteiger charge is -2.05. The number of benzene rings is 1. The molecular formula is C15H13NO5S. The number of carboxylic acid groups (broad SMARTS) is 2. The van der Waals surface area contributed by atoms with Gasteiger partial charge in [-0.1, -0.05) is 12.1 Å². The Hall–Kier alpha value is -2.25. The summed E-state index contributed by atoms with van der Waals surface area (Å²) in [6.45, 7) is 0.397. The van der Waals surface area contributed by atoms with Crippen LogP contribution in [-0.2, 0) is 4.79 Å². The largest absolute Gasteiger partial charge is 0.480 e. The van der Waals surface area contributed by atoms with E-state index in [1.165, 1.54) is 23.9 Å². The molecule has 1 aromatic carbocycles. The molecule has 0 radical (unpaired) electrons. The van der Waals surface area contributed by atoms with Gasteiger partial charge in [0.25, 0.3) is 0 Å². The highest BCUT2D eigenvalue weighted by molar-refractivity contribution is 8.01. The van der Waals surface area contributed by atoms with Crippen molar-refractivity contribution >= 4 is 23.7 Å². The molecule has 0 bridgehead atoms. The van der Waals surface area contributed by atoms with E-state index in [0.717, 1.165) is 5.56 Å². The monoisotopic (exact) mass is 319 g/mol. The molecule has 114 valence electrons. The van der Waals surface area contributed by atoms with Crippen LogP contribution in [0.1, 0.15) is 21.5 Å². The number of furan rings is 1. The van der Waals surface area contributed by atoms with Crippen LogP contribution in [0.25, 0.3) is 11.3 Å². The van der Waals surface area contributed by atoms with E-state index in [-0.39, 0.29) is 10.9 Å². The molecule has 1 fully saturated rings. The number of rotatable bonds is 4. The minimum atomic E-state index is -0.974. The Morgan fingerprint density at radius 1 is 1.14 bits per heavy atom. The van der Waals surface area contributed by atoms with Gasteiger partial charge in [0.2, 0.25) is 0 Å². The average Bonchev–Trinajstić information content (AvgIpc) is 3.16. The van der Waals surface area contributed by atoms with Crippen molar-refractivity contribution in [3.63, 3.8) is 0 Å². The van der Waals surface area contributed by atoms with Crippen LogP contribution in [0.4, 0.5) is 0 Å². The molecule has 0 saturated carbocycles. The Bertz CT molecular complexity index is 709. The first kappa shape index (κ1) is 14.7. The first-order valence-electron chi connectivity index (χ1n) is 6.59. The van der Waals surface area contributed by atoms with Crippen molar-refractivity contribution in [1.82, 2.24) is 5.32 Å². The second kappa shape index (κ2) is 5.86. The molecule has 0 spiro atoms. The number of hydrogen-bond acceptors (Lipinski definition) is 5. The Morgan fingerprint density at radius 2 is 1.86 bits per heavy atom. The molecule has 2 aromatic rings. The van der Waals surface area contributed by atoms with Crippen molar-refractivity contribution < 1.29 is 24.2 Å². The van der Waals surface area contributed by atoms with Gasteiger partial charge >= 0.3 is 11.9 Å². The lowest BCUT2D eigenvalue weighted by molar-refractivity contribution is -0.136. The lowest BCUT2D eigenvalue weighted by atomic mass is 10.1. The number of carboxylic acids is 2. The van der Waals surface area contributed by atoms with Gasteiger partial charge < -0.3 is 14.6 Å². The van der Waals surface area contributed by atoms with E-state index in [9.17, 15) is 9.59 Å². The highest BCUT2D eigenvalue weighted by Gasteiger charge is 2.32. The van der Waals surface area contributed by atoms with Crippen LogP contribution in [-0.4, -0.2) is 33.9 Å². The van der Waals surface area contributed by atoms with Gasteiger partial charge in [-0.2, -0.15) is 0 Å². The topological polar surface area (TPSA) is 99.8 Å². The number of nitrogens with one attached hydrogen (secondary N) is 1. The molecule has 1 saturated heterocycles. The van der Waals surface area contributed by atoms with Crippen LogP contribution in [0.3, 0.4) is 0 Å². The Morgan fingerprint density at radius 3 is 2.45 bits per heavy atom. The number of hydrogen-bond donors (Lipinski definition) is 3. The molecule has 0 unspecified atom stereocenters. The van der Waals surface area contributed by atoms with Crippen molar-refractivity contribution in [2.24, 2.45) is 0 Å². The zero-order valence-corrected chi connectivity index (χ0v) is 12.2. The molecule has 3 N–H and O–H groups in total. The SMILES string of the molecule is O=C(O)c1ccc(-c2ccc([C@H]3NC[C@@H](C(=O)O)S3)o2)cc1. The standard InChI is InChI=1S/C15H13NO5S/c17-14(18)9-3-1-8(2-4-9)10-5-6-11(21-10)13-16-7-12(22-13)15(19)20/h1-6,12-13,16H,7H2,(H,17,18)(H,19,20)/t12-,13-/m0/s1. The zero-order valence-electron chi connectivity index (χ0n) is 11.4. The van der Waals surface area contributed by atoms with Crippen LogP contribution < -0.4 is 5.32 Å². The van der Waals surface area contributed by atoms with E-state index < -0.39 is 17.2 Å². The van der Waals surface area contributed by atoms with E-state index in [4.69, 9.17) is 14.6 Å². The quantitative estimate of drug-likeness (QED) is 0.795. The van der Waals surface area contributed by atoms with E-state index in [1.807, 2.05) is 0 Å². The molecule has 1 aromatic heterocycles. The van der Waals surface area contributed by atoms with Crippen molar-refractivity contribution in [3.05, 3.63) is 47.7 Å². The Labute approximate surface area is 130 Å². The average molecular weight is 319 g/mol. The van der Waals surface area contributed by atoms with E-state index in [1.54, 1.807) is 24.3 Å². The maximum Gasteiger partial charge on any atom is 0.335 e. The summed E-state index contributed by atoms with van der Waals surface area (Å²) in [4.78, 5) is 21.8. The normalized spacial score (nSPS) is 20.9. The van der Waals surface area contributed by atoms with Gasteiger partial charge in [0, 0.05) is 12.1 Å². The third kappa shape index (κ3) is 2.86. The Kier molecular flexibility index (Phi) is 3.91. The maximum absolute atomic E-state index is 11.0. The summed E-state index contributed by atoms with van der Waals surface area (Å²) in [5.41, 5.74) is 0.988. The maximum atomic E-state index is 11.0. The Balaban J connectivity index is 1.76. The van der Waals surface area contributed by atoms with Crippen LogP contribution >= 0.6 is 11.8 Å². The summed E-state index contributed by atoms with van der Waals surface area (Å²) < 4.78 is 5.76. The minimum absolute atomic E-state index is 0.187. The summed E-state index contributed by atoms with van der Waals surface area (Å²) in [6, 6.07) is 9.99. The predicted octanol–water partition coefficient (Wildman–Crippen LogP) is 2.43. The number of thioether (sulfide) groups is 1. The number of aromatic carboxylic acids is 1. The van der Waals surface area contributed by atoms with Gasteiger partial charge in [-0.15, -0.1) is 11.8 Å². The predicted molar refractivity (Wildman–Crippen MR) is 80.9 cm³/mol. The van der Waals surface area contributed by atoms with Crippen LogP contribution in [0.15, 0.2) is 40.8 Å². The first-order chi connectivity index (χ1) is 10.5. The first-order valence-corrected chi connectivity index (χ1v) is 7.54. The van der Waals surface area contributed by atoms with E-state index in [2.05, 4.69) is 5.32 Å². The van der Waals surface area contributed by atoms with E-state index in [0.29, 0.717) is 18.1 Å². The van der Waals surface area contributed by atoms with Crippen molar-refractivity contribution in [2.45, 2.75) is 10.6 Å². The number of carbonyl (C=O) groups is 2. The van der Waals surface area contributed by atoms with Crippen molar-refractivity contribution in [1.29, 1.82) is 0 Å². The van der Waals surface area contributed by atoms with Gasteiger partial charge in [0.05, 0.1) is 5.56 Å². The molecule has 7 heteroatoms. The minimum Gasteiger partial charge on any atom is -0.480 e. The molecule has 6 nitrogen and oxygen atoms in total. The van der Waals surface area contributed by atoms with Crippen LogP contribution in [0.2, 0.25) is 0 Å². The smallest absolute Gasteiger partial charge is 0.335 e. The fourth-order valence-corrected chi connectivity index (χ4v) is 3.30. The molecule has 1 aliphatic heterocycles. The highest BCUT2D eigenvalue weighted by atomic mass is 32.2. The highest BCUT2D eigenvalue weighted by Crippen LogP contribution is 2.37. The second-order valence-electron chi connectivity index (χ2n) is 4.84. The summed E-state index contributed by atoms with van der Waals surface area (Å²) >= 11 is 1.30. The molecule has 22 heavy (non-hydrogen) atoms. The molecule has 1 aliphatic rings. The lowest BCUT2D eigenvalue weighted by Crippen LogP contribution is -2.21. The van der Waals surface area contributed by atoms with Gasteiger partial charge in [-0.3, -0.25) is 10.1 Å². The van der Waals surface area contributed by atoms with Crippen LogP contribution in [0.5, 0.6) is 0 Å². The fraction of sp³-hybridized carbons (Fsp3) is 0.200. The zero-order chi connectivity index (χ0) is 15.7. The van der Waals surface area contributed by atoms with Gasteiger partial charge in [0.1, 0.15) is 22.1 Å². The second-order valence-corrected chi connectivity index (χ2v) is 6.15. The van der Waals surface area contributed by atoms with Crippen molar-refractivity contribution in [3.8, 4) is 11.3 Å². The summed E-state index contributed by atoms with van der Waals surface area (Å²) in [6.07, 6.45) is 0. The molecule has 2 heterocycles. The molecule has 0 aliphatic carbocycles. The fourth-order valence-electron chi connectivity index (χ4n) is 2.21. The third-order valence-electron chi connectivity index (χ3n) is 3.37. The summed E-state index contributed by atoms with van der Waals surface area (Å²) in [5.74, 6) is -0.534. The van der Waals surface area contributed by atoms with Crippen LogP contribution in [0, 0.1) is 0 Å². The molecular weight excluding hydrogens is 306 g/mol. The summed E-state index contributed by atoms with van der Waals surface area (Å²) in [5, 5.41) is 20.3. The molecule has 2 atom stereocenters. The van der Waals surface area contributed by atoms with Crippen molar-refractivity contribution in [2.75, 3.05) is 6.54 Å². The molecule has 0 amide bonds. The number of aliphatic carboxylic acids is 1. The summed E-state index contributed by atoms with van der Waals surface area (Å²) in [7, 11) is 0. The van der Waals surface area contributed by atoms with E-state index >= 15 is 0 Å².